The van der Waals surface area contributed by atoms with Gasteiger partial charge in [-0.25, -0.2) is 0 Å². The lowest BCUT2D eigenvalue weighted by molar-refractivity contribution is -0.282. The van der Waals surface area contributed by atoms with Crippen molar-refractivity contribution in [2.75, 3.05) is 7.11 Å². The van der Waals surface area contributed by atoms with Crippen molar-refractivity contribution < 1.29 is 24.8 Å². The van der Waals surface area contributed by atoms with Crippen molar-refractivity contribution in [1.82, 2.24) is 0 Å². The number of aliphatic hydroxyl groups excluding tert-OH is 3. The summed E-state index contributed by atoms with van der Waals surface area (Å²) >= 11 is 0. The first kappa shape index (κ1) is 9.88. The van der Waals surface area contributed by atoms with Gasteiger partial charge in [0.05, 0.1) is 6.10 Å². The van der Waals surface area contributed by atoms with Crippen LogP contribution in [0, 0.1) is 0 Å². The van der Waals surface area contributed by atoms with E-state index in [0.29, 0.717) is 0 Å². The molecule has 12 heavy (non-hydrogen) atoms. The van der Waals surface area contributed by atoms with Crippen LogP contribution < -0.4 is 0 Å². The van der Waals surface area contributed by atoms with Gasteiger partial charge in [0, 0.05) is 7.11 Å². The maximum Gasteiger partial charge on any atom is 0.183 e. The van der Waals surface area contributed by atoms with Crippen LogP contribution in [0.2, 0.25) is 0 Å². The first-order chi connectivity index (χ1) is 5.57. The molecule has 1 saturated heterocycles. The van der Waals surface area contributed by atoms with Crippen LogP contribution in [-0.4, -0.2) is 53.1 Å². The number of methoxy groups -OCH3 is 1. The van der Waals surface area contributed by atoms with Crippen molar-refractivity contribution in [3.63, 3.8) is 0 Å². The summed E-state index contributed by atoms with van der Waals surface area (Å²) in [5, 5.41) is 27.8. The van der Waals surface area contributed by atoms with Gasteiger partial charge in [0.2, 0.25) is 0 Å². The molecule has 0 bridgehead atoms. The zero-order chi connectivity index (χ0) is 9.30. The second kappa shape index (κ2) is 3.68. The van der Waals surface area contributed by atoms with Crippen molar-refractivity contribution in [2.45, 2.75) is 37.6 Å². The van der Waals surface area contributed by atoms with E-state index < -0.39 is 30.7 Å². The molecule has 1 fully saturated rings. The summed E-state index contributed by atoms with van der Waals surface area (Å²) in [7, 11) is 1.36. The Balaban J connectivity index is 2.67. The number of aliphatic hydroxyl groups is 3. The molecular formula is C7H14O5. The summed E-state index contributed by atoms with van der Waals surface area (Å²) in [5.74, 6) is 0. The minimum absolute atomic E-state index is 0.534. The number of hydrogen-bond acceptors (Lipinski definition) is 5. The average Bonchev–Trinajstić information content (AvgIpc) is 2.02. The molecule has 0 aromatic carbocycles. The molecule has 1 heterocycles. The van der Waals surface area contributed by atoms with E-state index in [4.69, 9.17) is 14.6 Å². The topological polar surface area (TPSA) is 79.2 Å². The highest BCUT2D eigenvalue weighted by Crippen LogP contribution is 2.21. The quantitative estimate of drug-likeness (QED) is 0.453. The Labute approximate surface area is 70.5 Å². The monoisotopic (exact) mass is 178 g/mol. The molecule has 0 amide bonds. The van der Waals surface area contributed by atoms with Gasteiger partial charge in [-0.15, -0.1) is 0 Å². The maximum atomic E-state index is 9.40. The SMILES string of the molecule is CO[C@H]1[C@H](O)[C@H](C)O[C@@H](O)[C@H]1O. The van der Waals surface area contributed by atoms with E-state index in [-0.39, 0.29) is 0 Å². The lowest BCUT2D eigenvalue weighted by Gasteiger charge is -2.38. The van der Waals surface area contributed by atoms with Crippen LogP contribution in [0.5, 0.6) is 0 Å². The van der Waals surface area contributed by atoms with Gasteiger partial charge in [-0.1, -0.05) is 0 Å². The van der Waals surface area contributed by atoms with Crippen LogP contribution in [0.15, 0.2) is 0 Å². The minimum Gasteiger partial charge on any atom is -0.388 e. The van der Waals surface area contributed by atoms with Crippen LogP contribution in [0.1, 0.15) is 6.92 Å². The average molecular weight is 178 g/mol. The highest BCUT2D eigenvalue weighted by Gasteiger charge is 2.42. The van der Waals surface area contributed by atoms with Crippen LogP contribution >= 0.6 is 0 Å². The van der Waals surface area contributed by atoms with E-state index in [2.05, 4.69) is 0 Å². The van der Waals surface area contributed by atoms with E-state index in [1.165, 1.54) is 7.11 Å². The Bertz CT molecular complexity index is 137. The second-order valence-electron chi connectivity index (χ2n) is 2.91. The highest BCUT2D eigenvalue weighted by atomic mass is 16.6. The fourth-order valence-electron chi connectivity index (χ4n) is 1.29. The summed E-state index contributed by atoms with van der Waals surface area (Å²) in [6.07, 6.45) is -4.71. The normalized spacial score (nSPS) is 49.2. The fraction of sp³-hybridized carbons (Fsp3) is 1.00. The molecule has 5 atom stereocenters. The van der Waals surface area contributed by atoms with E-state index >= 15 is 0 Å². The third kappa shape index (κ3) is 1.60. The van der Waals surface area contributed by atoms with Crippen molar-refractivity contribution in [3.05, 3.63) is 0 Å². The van der Waals surface area contributed by atoms with Crippen LogP contribution in [0.4, 0.5) is 0 Å². The Morgan fingerprint density at radius 3 is 2.25 bits per heavy atom. The minimum atomic E-state index is -1.28. The number of rotatable bonds is 1. The van der Waals surface area contributed by atoms with Crippen LogP contribution in [0.25, 0.3) is 0 Å². The van der Waals surface area contributed by atoms with Gasteiger partial charge < -0.3 is 24.8 Å². The largest absolute Gasteiger partial charge is 0.388 e. The predicted molar refractivity (Wildman–Crippen MR) is 39.4 cm³/mol. The molecule has 0 spiro atoms. The lowest BCUT2D eigenvalue weighted by atomic mass is 10.00. The summed E-state index contributed by atoms with van der Waals surface area (Å²) in [5.41, 5.74) is 0. The molecule has 0 aliphatic carbocycles. The maximum absolute atomic E-state index is 9.40. The molecule has 0 unspecified atom stereocenters. The third-order valence-electron chi connectivity index (χ3n) is 2.07. The van der Waals surface area contributed by atoms with Gasteiger partial charge >= 0.3 is 0 Å². The summed E-state index contributed by atoms with van der Waals surface area (Å²) in [6.45, 7) is 1.60. The van der Waals surface area contributed by atoms with Gasteiger partial charge in [0.25, 0.3) is 0 Å². The molecule has 3 N–H and O–H groups in total. The molecule has 0 saturated carbocycles. The summed E-state index contributed by atoms with van der Waals surface area (Å²) in [6, 6.07) is 0. The molecular weight excluding hydrogens is 164 g/mol. The fourth-order valence-corrected chi connectivity index (χ4v) is 1.29. The Hall–Kier alpha value is -0.200. The van der Waals surface area contributed by atoms with E-state index in [0.717, 1.165) is 0 Å². The van der Waals surface area contributed by atoms with Gasteiger partial charge in [-0.3, -0.25) is 0 Å². The van der Waals surface area contributed by atoms with Gasteiger partial charge in [-0.2, -0.15) is 0 Å². The second-order valence-corrected chi connectivity index (χ2v) is 2.91. The Morgan fingerprint density at radius 2 is 1.75 bits per heavy atom. The third-order valence-corrected chi connectivity index (χ3v) is 2.07. The van der Waals surface area contributed by atoms with E-state index in [9.17, 15) is 10.2 Å². The van der Waals surface area contributed by atoms with Crippen molar-refractivity contribution in [2.24, 2.45) is 0 Å². The Morgan fingerprint density at radius 1 is 1.17 bits per heavy atom. The summed E-state index contributed by atoms with van der Waals surface area (Å²) in [4.78, 5) is 0. The first-order valence-corrected chi connectivity index (χ1v) is 3.80. The lowest BCUT2D eigenvalue weighted by Crippen LogP contribution is -2.57. The molecule has 1 aliphatic rings. The first-order valence-electron chi connectivity index (χ1n) is 3.80. The predicted octanol–water partition coefficient (Wildman–Crippen LogP) is -1.54. The van der Waals surface area contributed by atoms with Crippen molar-refractivity contribution in [1.29, 1.82) is 0 Å². The van der Waals surface area contributed by atoms with Gasteiger partial charge in [-0.05, 0) is 6.92 Å². The molecule has 1 aliphatic heterocycles. The van der Waals surface area contributed by atoms with E-state index in [1.807, 2.05) is 0 Å². The molecule has 0 aromatic heterocycles. The van der Waals surface area contributed by atoms with Crippen molar-refractivity contribution >= 4 is 0 Å². The highest BCUT2D eigenvalue weighted by molar-refractivity contribution is 4.87. The van der Waals surface area contributed by atoms with Crippen LogP contribution in [0.3, 0.4) is 0 Å². The number of ether oxygens (including phenoxy) is 2. The molecule has 1 rings (SSSR count). The standard InChI is InChI=1S/C7H14O5/c1-3-4(8)6(11-2)5(9)7(10)12-3/h3-10H,1-2H3/t3-,4+,5-,6-,7+/m0/s1. The summed E-state index contributed by atoms with van der Waals surface area (Å²) < 4.78 is 9.63. The van der Waals surface area contributed by atoms with Gasteiger partial charge in [0.1, 0.15) is 18.3 Å². The Kier molecular flexibility index (Phi) is 3.03. The zero-order valence-corrected chi connectivity index (χ0v) is 7.04. The number of hydrogen-bond donors (Lipinski definition) is 3. The zero-order valence-electron chi connectivity index (χ0n) is 7.04. The smallest absolute Gasteiger partial charge is 0.183 e. The van der Waals surface area contributed by atoms with Crippen molar-refractivity contribution in [3.8, 4) is 0 Å². The van der Waals surface area contributed by atoms with Crippen LogP contribution in [-0.2, 0) is 9.47 Å². The molecule has 0 radical (unpaired) electrons. The molecule has 0 aromatic rings. The molecule has 72 valence electrons. The molecule has 5 nitrogen and oxygen atoms in total. The van der Waals surface area contributed by atoms with Gasteiger partial charge in [0.15, 0.2) is 6.29 Å². The molecule has 5 heteroatoms. The van der Waals surface area contributed by atoms with E-state index in [1.54, 1.807) is 6.92 Å².